The van der Waals surface area contributed by atoms with Crippen LogP contribution in [-0.4, -0.2) is 24.2 Å². The number of hydrogen-bond donors (Lipinski definition) is 0. The fraction of sp³-hybridized carbons (Fsp3) is 0.700. The highest BCUT2D eigenvalue weighted by Crippen LogP contribution is 2.34. The van der Waals surface area contributed by atoms with Crippen LogP contribution in [0.25, 0.3) is 0 Å². The molecule has 1 aliphatic carbocycles. The van der Waals surface area contributed by atoms with Crippen molar-refractivity contribution < 1.29 is 9.59 Å². The zero-order valence-electron chi connectivity index (χ0n) is 8.19. The Balaban J connectivity index is 2.58. The molecule has 0 heterocycles. The van der Waals surface area contributed by atoms with Crippen molar-refractivity contribution in [3.63, 3.8) is 0 Å². The van der Waals surface area contributed by atoms with Gasteiger partial charge in [-0.05, 0) is 38.5 Å². The molecule has 2 unspecified atom stereocenters. The monoisotopic (exact) mass is 193 g/mol. The zero-order chi connectivity index (χ0) is 10.4. The number of rotatable bonds is 3. The second-order valence-corrected chi connectivity index (χ2v) is 3.87. The van der Waals surface area contributed by atoms with Crippen molar-refractivity contribution in [1.82, 2.24) is 0 Å². The van der Waals surface area contributed by atoms with Crippen LogP contribution in [0, 0.1) is 12.3 Å². The van der Waals surface area contributed by atoms with Crippen LogP contribution in [0.4, 0.5) is 0 Å². The van der Waals surface area contributed by atoms with E-state index in [2.05, 4.69) is 16.4 Å². The lowest BCUT2D eigenvalue weighted by Crippen LogP contribution is -2.31. The van der Waals surface area contributed by atoms with Crippen molar-refractivity contribution in [2.75, 3.05) is 6.54 Å². The summed E-state index contributed by atoms with van der Waals surface area (Å²) in [4.78, 5) is 27.5. The van der Waals surface area contributed by atoms with Crippen LogP contribution in [0.1, 0.15) is 26.2 Å². The molecular weight excluding hydrogens is 180 g/mol. The van der Waals surface area contributed by atoms with Crippen LogP contribution in [-0.2, 0) is 9.59 Å². The number of aliphatic imine (C=N–C) groups is 2. The van der Waals surface area contributed by atoms with E-state index in [1.807, 2.05) is 6.92 Å². The molecule has 4 nitrogen and oxygen atoms in total. The summed E-state index contributed by atoms with van der Waals surface area (Å²) >= 11 is 0. The second kappa shape index (κ2) is 4.85. The van der Waals surface area contributed by atoms with Gasteiger partial charge < -0.3 is 0 Å². The fourth-order valence-electron chi connectivity index (χ4n) is 1.89. The Morgan fingerprint density at radius 1 is 1.50 bits per heavy atom. The quantitative estimate of drug-likeness (QED) is 0.502. The van der Waals surface area contributed by atoms with Crippen LogP contribution < -0.4 is 0 Å². The standard InChI is InChI=1S/C10H13N2O2/c1-10(12-8-14)4-2-3-9(5-10)6-11-7-13/h3,9H,2,4-6H2,1H3. The van der Waals surface area contributed by atoms with E-state index in [0.29, 0.717) is 6.54 Å². The van der Waals surface area contributed by atoms with Gasteiger partial charge in [0.15, 0.2) is 0 Å². The van der Waals surface area contributed by atoms with Crippen LogP contribution in [0.15, 0.2) is 9.98 Å². The largest absolute Gasteiger partial charge is 0.235 e. The molecule has 0 N–H and O–H groups in total. The molecular formula is C10H13N2O2. The van der Waals surface area contributed by atoms with Crippen LogP contribution in [0.3, 0.4) is 0 Å². The van der Waals surface area contributed by atoms with E-state index in [0.717, 1.165) is 19.3 Å². The SMILES string of the molecule is CC1(N=C=O)CC[CH]C(CN=C=O)C1. The third-order valence-corrected chi connectivity index (χ3v) is 2.59. The summed E-state index contributed by atoms with van der Waals surface area (Å²) in [5, 5.41) is 0. The highest BCUT2D eigenvalue weighted by atomic mass is 16.1. The van der Waals surface area contributed by atoms with Crippen molar-refractivity contribution in [3.05, 3.63) is 6.42 Å². The van der Waals surface area contributed by atoms with Crippen molar-refractivity contribution in [3.8, 4) is 0 Å². The van der Waals surface area contributed by atoms with Gasteiger partial charge >= 0.3 is 0 Å². The van der Waals surface area contributed by atoms with Gasteiger partial charge in [-0.3, -0.25) is 0 Å². The molecule has 4 heteroatoms. The molecule has 1 aliphatic rings. The number of hydrogen-bond acceptors (Lipinski definition) is 4. The number of carbonyl (C=O) groups excluding carboxylic acids is 2. The van der Waals surface area contributed by atoms with Crippen molar-refractivity contribution in [2.45, 2.75) is 31.7 Å². The Labute approximate surface area is 83.1 Å². The first-order valence-electron chi connectivity index (χ1n) is 4.66. The van der Waals surface area contributed by atoms with Crippen molar-refractivity contribution >= 4 is 12.2 Å². The first-order valence-corrected chi connectivity index (χ1v) is 4.66. The molecule has 0 aromatic carbocycles. The molecule has 14 heavy (non-hydrogen) atoms. The van der Waals surface area contributed by atoms with Crippen LogP contribution >= 0.6 is 0 Å². The first-order chi connectivity index (χ1) is 6.70. The summed E-state index contributed by atoms with van der Waals surface area (Å²) in [7, 11) is 0. The van der Waals surface area contributed by atoms with Crippen molar-refractivity contribution in [2.24, 2.45) is 15.9 Å². The molecule has 0 aromatic rings. The van der Waals surface area contributed by atoms with Gasteiger partial charge in [0.05, 0.1) is 12.1 Å². The van der Waals surface area contributed by atoms with E-state index < -0.39 is 0 Å². The molecule has 0 spiro atoms. The van der Waals surface area contributed by atoms with Gasteiger partial charge in [-0.1, -0.05) is 0 Å². The van der Waals surface area contributed by atoms with E-state index in [1.165, 1.54) is 6.08 Å². The van der Waals surface area contributed by atoms with Gasteiger partial charge in [-0.15, -0.1) is 0 Å². The van der Waals surface area contributed by atoms with E-state index >= 15 is 0 Å². The van der Waals surface area contributed by atoms with Crippen LogP contribution in [0.2, 0.25) is 0 Å². The molecule has 1 saturated carbocycles. The summed E-state index contributed by atoms with van der Waals surface area (Å²) in [6.07, 6.45) is 7.78. The minimum atomic E-state index is -0.320. The predicted molar refractivity (Wildman–Crippen MR) is 51.2 cm³/mol. The second-order valence-electron chi connectivity index (χ2n) is 3.87. The number of isocyanates is 2. The summed E-state index contributed by atoms with van der Waals surface area (Å²) in [5.41, 5.74) is -0.320. The molecule has 0 aromatic heterocycles. The van der Waals surface area contributed by atoms with E-state index in [1.54, 1.807) is 6.08 Å². The molecule has 2 atom stereocenters. The Morgan fingerprint density at radius 2 is 2.29 bits per heavy atom. The van der Waals surface area contributed by atoms with Crippen LogP contribution in [0.5, 0.6) is 0 Å². The lowest BCUT2D eigenvalue weighted by Gasteiger charge is -2.32. The maximum atomic E-state index is 10.2. The molecule has 1 rings (SSSR count). The van der Waals surface area contributed by atoms with Gasteiger partial charge in [-0.2, -0.15) is 4.99 Å². The predicted octanol–water partition coefficient (Wildman–Crippen LogP) is 1.42. The third kappa shape index (κ3) is 2.91. The smallest absolute Gasteiger partial charge is 0.211 e. The Bertz CT molecular complexity index is 290. The maximum Gasteiger partial charge on any atom is 0.235 e. The highest BCUT2D eigenvalue weighted by Gasteiger charge is 2.31. The maximum absolute atomic E-state index is 10.2. The van der Waals surface area contributed by atoms with Gasteiger partial charge in [0.25, 0.3) is 0 Å². The lowest BCUT2D eigenvalue weighted by atomic mass is 9.77. The molecule has 75 valence electrons. The molecule has 1 radical (unpaired) electrons. The molecule has 0 bridgehead atoms. The van der Waals surface area contributed by atoms with Gasteiger partial charge in [0.1, 0.15) is 0 Å². The van der Waals surface area contributed by atoms with E-state index in [9.17, 15) is 9.59 Å². The summed E-state index contributed by atoms with van der Waals surface area (Å²) < 4.78 is 0. The molecule has 1 fully saturated rings. The zero-order valence-corrected chi connectivity index (χ0v) is 8.19. The third-order valence-electron chi connectivity index (χ3n) is 2.59. The van der Waals surface area contributed by atoms with Crippen molar-refractivity contribution in [1.29, 1.82) is 0 Å². The number of nitrogens with zero attached hydrogens (tertiary/aromatic N) is 2. The average Bonchev–Trinajstić information content (AvgIpc) is 2.15. The molecule has 0 saturated heterocycles. The van der Waals surface area contributed by atoms with Gasteiger partial charge in [0, 0.05) is 0 Å². The minimum Gasteiger partial charge on any atom is -0.211 e. The molecule has 0 aliphatic heterocycles. The minimum absolute atomic E-state index is 0.229. The first kappa shape index (κ1) is 10.8. The lowest BCUT2D eigenvalue weighted by molar-refractivity contribution is 0.299. The summed E-state index contributed by atoms with van der Waals surface area (Å²) in [6.45, 7) is 2.38. The normalized spacial score (nSPS) is 31.4. The van der Waals surface area contributed by atoms with E-state index in [4.69, 9.17) is 0 Å². The van der Waals surface area contributed by atoms with E-state index in [-0.39, 0.29) is 11.5 Å². The summed E-state index contributed by atoms with van der Waals surface area (Å²) in [6, 6.07) is 0. The fourth-order valence-corrected chi connectivity index (χ4v) is 1.89. The Morgan fingerprint density at radius 3 is 2.93 bits per heavy atom. The van der Waals surface area contributed by atoms with Gasteiger partial charge in [-0.25, -0.2) is 14.6 Å². The topological polar surface area (TPSA) is 58.9 Å². The highest BCUT2D eigenvalue weighted by molar-refractivity contribution is 5.35. The molecule has 0 amide bonds. The average molecular weight is 193 g/mol. The Hall–Kier alpha value is -1.24. The summed E-state index contributed by atoms with van der Waals surface area (Å²) in [5.74, 6) is 0.229. The van der Waals surface area contributed by atoms with Gasteiger partial charge in [0.2, 0.25) is 12.2 Å². The Kier molecular flexibility index (Phi) is 3.75.